The van der Waals surface area contributed by atoms with E-state index in [4.69, 9.17) is 4.74 Å². The molecule has 2 fully saturated rings. The van der Waals surface area contributed by atoms with Crippen molar-refractivity contribution < 1.29 is 14.3 Å². The Morgan fingerprint density at radius 3 is 2.89 bits per heavy atom. The van der Waals surface area contributed by atoms with Crippen molar-refractivity contribution in [3.63, 3.8) is 0 Å². The molecule has 2 amide bonds. The molecular weight excluding hydrogens is 364 g/mol. The van der Waals surface area contributed by atoms with E-state index in [1.807, 2.05) is 9.80 Å². The molecule has 148 valence electrons. The lowest BCUT2D eigenvalue weighted by Gasteiger charge is -2.48. The molecule has 1 spiro atoms. The second kappa shape index (κ2) is 9.50. The van der Waals surface area contributed by atoms with Crippen LogP contribution in [0.5, 0.6) is 0 Å². The first-order valence-electron chi connectivity index (χ1n) is 9.56. The number of aromatic nitrogens is 2. The van der Waals surface area contributed by atoms with Crippen LogP contribution in [0.25, 0.3) is 0 Å². The second-order valence-electron chi connectivity index (χ2n) is 7.40. The van der Waals surface area contributed by atoms with Gasteiger partial charge >= 0.3 is 0 Å². The van der Waals surface area contributed by atoms with Crippen LogP contribution in [-0.2, 0) is 14.3 Å². The van der Waals surface area contributed by atoms with Crippen molar-refractivity contribution in [1.29, 1.82) is 0 Å². The largest absolute Gasteiger partial charge is 0.385 e. The highest BCUT2D eigenvalue weighted by atomic mass is 32.2. The predicted molar refractivity (Wildman–Crippen MR) is 103 cm³/mol. The van der Waals surface area contributed by atoms with E-state index in [0.29, 0.717) is 23.9 Å². The molecule has 0 saturated carbocycles. The van der Waals surface area contributed by atoms with Crippen LogP contribution in [0.15, 0.2) is 23.6 Å². The molecule has 1 atom stereocenters. The minimum Gasteiger partial charge on any atom is -0.385 e. The van der Waals surface area contributed by atoms with Gasteiger partial charge in [-0.3, -0.25) is 9.59 Å². The molecule has 2 saturated heterocycles. The quantitative estimate of drug-likeness (QED) is 0.400. The lowest BCUT2D eigenvalue weighted by atomic mass is 9.73. The maximum atomic E-state index is 12.7. The summed E-state index contributed by atoms with van der Waals surface area (Å²) in [5.41, 5.74) is 0.0444. The second-order valence-corrected chi connectivity index (χ2v) is 8.34. The zero-order valence-corrected chi connectivity index (χ0v) is 16.7. The SMILES string of the molecule is COCCCN1C[C@@]2(CCCN(C(=O)CSc3ncccn3)C2)CCC1=O. The number of amides is 2. The van der Waals surface area contributed by atoms with Crippen molar-refractivity contribution in [3.05, 3.63) is 18.5 Å². The standard InChI is InChI=1S/C19H28N4O3S/c1-26-12-4-11-22-14-19(7-5-16(22)24)6-2-10-23(15-19)17(25)13-27-18-20-8-3-9-21-18/h3,8-9H,2,4-7,10-15H2,1H3/t19-/m1/s1. The maximum Gasteiger partial charge on any atom is 0.233 e. The van der Waals surface area contributed by atoms with Gasteiger partial charge in [0.05, 0.1) is 5.75 Å². The average Bonchev–Trinajstić information content (AvgIpc) is 2.70. The molecule has 27 heavy (non-hydrogen) atoms. The summed E-state index contributed by atoms with van der Waals surface area (Å²) in [6.07, 6.45) is 7.78. The van der Waals surface area contributed by atoms with E-state index < -0.39 is 0 Å². The number of piperidine rings is 2. The Labute approximate surface area is 164 Å². The smallest absolute Gasteiger partial charge is 0.233 e. The molecule has 0 bridgehead atoms. The molecular formula is C19H28N4O3S. The number of nitrogens with zero attached hydrogens (tertiary/aromatic N) is 4. The molecule has 2 aliphatic rings. The normalized spacial score (nSPS) is 23.1. The third-order valence-electron chi connectivity index (χ3n) is 5.41. The van der Waals surface area contributed by atoms with E-state index in [9.17, 15) is 9.59 Å². The van der Waals surface area contributed by atoms with Gasteiger partial charge < -0.3 is 14.5 Å². The molecule has 1 aromatic heterocycles. The van der Waals surface area contributed by atoms with Crippen LogP contribution >= 0.6 is 11.8 Å². The Balaban J connectivity index is 1.55. The van der Waals surface area contributed by atoms with Crippen molar-refractivity contribution in [3.8, 4) is 0 Å². The van der Waals surface area contributed by atoms with E-state index in [2.05, 4.69) is 9.97 Å². The summed E-state index contributed by atoms with van der Waals surface area (Å²) in [6, 6.07) is 1.77. The number of hydrogen-bond donors (Lipinski definition) is 0. The van der Waals surface area contributed by atoms with Gasteiger partial charge in [-0.2, -0.15) is 0 Å². The van der Waals surface area contributed by atoms with E-state index in [-0.39, 0.29) is 17.2 Å². The fourth-order valence-corrected chi connectivity index (χ4v) is 4.74. The lowest BCUT2D eigenvalue weighted by Crippen LogP contribution is -2.55. The Bertz CT molecular complexity index is 645. The third kappa shape index (κ3) is 5.42. The van der Waals surface area contributed by atoms with Gasteiger partial charge in [0.1, 0.15) is 0 Å². The first-order chi connectivity index (χ1) is 13.1. The molecule has 0 N–H and O–H groups in total. The van der Waals surface area contributed by atoms with Crippen LogP contribution in [0.2, 0.25) is 0 Å². The van der Waals surface area contributed by atoms with Crippen molar-refractivity contribution in [2.45, 2.75) is 37.3 Å². The zero-order valence-electron chi connectivity index (χ0n) is 15.9. The Morgan fingerprint density at radius 1 is 1.30 bits per heavy atom. The average molecular weight is 393 g/mol. The Hall–Kier alpha value is -1.67. The van der Waals surface area contributed by atoms with Gasteiger partial charge in [0.2, 0.25) is 11.8 Å². The first kappa shape index (κ1) is 20.1. The van der Waals surface area contributed by atoms with Gasteiger partial charge in [-0.25, -0.2) is 9.97 Å². The van der Waals surface area contributed by atoms with Gasteiger partial charge in [0, 0.05) is 64.1 Å². The first-order valence-corrected chi connectivity index (χ1v) is 10.5. The van der Waals surface area contributed by atoms with Gasteiger partial charge in [0.15, 0.2) is 5.16 Å². The number of rotatable bonds is 7. The third-order valence-corrected chi connectivity index (χ3v) is 6.27. The molecule has 8 heteroatoms. The van der Waals surface area contributed by atoms with Crippen LogP contribution in [0.1, 0.15) is 32.1 Å². The zero-order chi connectivity index (χ0) is 19.1. The van der Waals surface area contributed by atoms with E-state index in [0.717, 1.165) is 51.9 Å². The number of carbonyl (C=O) groups is 2. The molecule has 0 aromatic carbocycles. The molecule has 7 nitrogen and oxygen atoms in total. The number of ether oxygens (including phenoxy) is 1. The van der Waals surface area contributed by atoms with Crippen LogP contribution in [0.3, 0.4) is 0 Å². The fourth-order valence-electron chi connectivity index (χ4n) is 4.04. The number of thioether (sulfide) groups is 1. The summed E-state index contributed by atoms with van der Waals surface area (Å²) < 4.78 is 5.11. The number of hydrogen-bond acceptors (Lipinski definition) is 6. The van der Waals surface area contributed by atoms with Crippen LogP contribution in [0.4, 0.5) is 0 Å². The maximum absolute atomic E-state index is 12.7. The molecule has 3 rings (SSSR count). The number of methoxy groups -OCH3 is 1. The summed E-state index contributed by atoms with van der Waals surface area (Å²) >= 11 is 1.38. The summed E-state index contributed by atoms with van der Waals surface area (Å²) in [5.74, 6) is 0.725. The molecule has 2 aliphatic heterocycles. The van der Waals surface area contributed by atoms with Crippen LogP contribution < -0.4 is 0 Å². The predicted octanol–water partition coefficient (Wildman–Crippen LogP) is 1.84. The highest BCUT2D eigenvalue weighted by Gasteiger charge is 2.42. The van der Waals surface area contributed by atoms with Gasteiger partial charge in [-0.05, 0) is 31.7 Å². The Kier molecular flexibility index (Phi) is 7.07. The van der Waals surface area contributed by atoms with Crippen molar-refractivity contribution in [1.82, 2.24) is 19.8 Å². The lowest BCUT2D eigenvalue weighted by molar-refractivity contribution is -0.142. The van der Waals surface area contributed by atoms with Gasteiger partial charge in [-0.1, -0.05) is 11.8 Å². The van der Waals surface area contributed by atoms with Crippen molar-refractivity contribution in [2.75, 3.05) is 45.6 Å². The van der Waals surface area contributed by atoms with Crippen molar-refractivity contribution >= 4 is 23.6 Å². The summed E-state index contributed by atoms with van der Waals surface area (Å²) in [7, 11) is 1.68. The minimum absolute atomic E-state index is 0.0444. The molecule has 3 heterocycles. The summed E-state index contributed by atoms with van der Waals surface area (Å²) in [4.78, 5) is 37.3. The summed E-state index contributed by atoms with van der Waals surface area (Å²) in [5, 5.41) is 0.630. The van der Waals surface area contributed by atoms with Crippen molar-refractivity contribution in [2.24, 2.45) is 5.41 Å². The summed E-state index contributed by atoms with van der Waals surface area (Å²) in [6.45, 7) is 3.71. The number of carbonyl (C=O) groups excluding carboxylic acids is 2. The van der Waals surface area contributed by atoms with Crippen LogP contribution in [-0.4, -0.2) is 77.2 Å². The van der Waals surface area contributed by atoms with E-state index in [1.165, 1.54) is 11.8 Å². The number of likely N-dealkylation sites (tertiary alicyclic amines) is 2. The topological polar surface area (TPSA) is 75.6 Å². The molecule has 0 aliphatic carbocycles. The monoisotopic (exact) mass is 392 g/mol. The van der Waals surface area contributed by atoms with E-state index in [1.54, 1.807) is 25.6 Å². The van der Waals surface area contributed by atoms with Gasteiger partial charge in [0.25, 0.3) is 0 Å². The molecule has 0 radical (unpaired) electrons. The fraction of sp³-hybridized carbons (Fsp3) is 0.684. The molecule has 1 aromatic rings. The van der Waals surface area contributed by atoms with Gasteiger partial charge in [-0.15, -0.1) is 0 Å². The highest BCUT2D eigenvalue weighted by Crippen LogP contribution is 2.39. The highest BCUT2D eigenvalue weighted by molar-refractivity contribution is 7.99. The van der Waals surface area contributed by atoms with Crippen LogP contribution in [0, 0.1) is 5.41 Å². The van der Waals surface area contributed by atoms with E-state index >= 15 is 0 Å². The Morgan fingerprint density at radius 2 is 2.11 bits per heavy atom. The minimum atomic E-state index is 0.0444. The molecule has 0 unspecified atom stereocenters.